The summed E-state index contributed by atoms with van der Waals surface area (Å²) in [5.74, 6) is 0. The predicted octanol–water partition coefficient (Wildman–Crippen LogP) is 2.82. The standard InChI is InChI=1S/C15H14N4/c1-11-9-13(16)15(17-10-11)14-7-8-18-19(14)12-5-3-2-4-6-12/h2-10H,16H2,1H3. The summed E-state index contributed by atoms with van der Waals surface area (Å²) in [4.78, 5) is 4.42. The molecule has 0 fully saturated rings. The fraction of sp³-hybridized carbons (Fsp3) is 0.0667. The van der Waals surface area contributed by atoms with Crippen molar-refractivity contribution in [3.63, 3.8) is 0 Å². The lowest BCUT2D eigenvalue weighted by molar-refractivity contribution is 0.884. The van der Waals surface area contributed by atoms with Gasteiger partial charge in [-0.1, -0.05) is 18.2 Å². The number of nitrogen functional groups attached to an aromatic ring is 1. The van der Waals surface area contributed by atoms with Crippen molar-refractivity contribution < 1.29 is 0 Å². The first-order valence-electron chi connectivity index (χ1n) is 6.07. The smallest absolute Gasteiger partial charge is 0.112 e. The maximum atomic E-state index is 6.06. The molecule has 3 aromatic rings. The molecule has 1 aromatic carbocycles. The largest absolute Gasteiger partial charge is 0.397 e. The molecule has 0 saturated carbocycles. The molecule has 4 nitrogen and oxygen atoms in total. The van der Waals surface area contributed by atoms with Crippen molar-refractivity contribution in [3.8, 4) is 17.1 Å². The van der Waals surface area contributed by atoms with Crippen LogP contribution in [0.5, 0.6) is 0 Å². The van der Waals surface area contributed by atoms with Crippen molar-refractivity contribution in [2.24, 2.45) is 0 Å². The van der Waals surface area contributed by atoms with Gasteiger partial charge in [0.1, 0.15) is 5.69 Å². The molecule has 0 aliphatic heterocycles. The molecule has 0 bridgehead atoms. The Balaban J connectivity index is 2.15. The van der Waals surface area contributed by atoms with E-state index in [-0.39, 0.29) is 0 Å². The third-order valence-electron chi connectivity index (χ3n) is 2.94. The van der Waals surface area contributed by atoms with Crippen LogP contribution in [0.4, 0.5) is 5.69 Å². The fourth-order valence-electron chi connectivity index (χ4n) is 2.06. The Morgan fingerprint density at radius 3 is 2.63 bits per heavy atom. The highest BCUT2D eigenvalue weighted by atomic mass is 15.3. The van der Waals surface area contributed by atoms with E-state index < -0.39 is 0 Å². The highest BCUT2D eigenvalue weighted by Crippen LogP contribution is 2.25. The van der Waals surface area contributed by atoms with Crippen molar-refractivity contribution in [2.75, 3.05) is 5.73 Å². The van der Waals surface area contributed by atoms with Crippen LogP contribution in [0.15, 0.2) is 54.9 Å². The summed E-state index contributed by atoms with van der Waals surface area (Å²) < 4.78 is 1.84. The topological polar surface area (TPSA) is 56.7 Å². The van der Waals surface area contributed by atoms with Crippen molar-refractivity contribution in [1.29, 1.82) is 0 Å². The number of pyridine rings is 1. The SMILES string of the molecule is Cc1cnc(-c2ccnn2-c2ccccc2)c(N)c1. The first kappa shape index (κ1) is 11.5. The van der Waals surface area contributed by atoms with Gasteiger partial charge in [-0.3, -0.25) is 4.98 Å². The summed E-state index contributed by atoms with van der Waals surface area (Å²) in [5.41, 5.74) is 10.4. The lowest BCUT2D eigenvalue weighted by Crippen LogP contribution is -2.02. The number of aryl methyl sites for hydroxylation is 1. The predicted molar refractivity (Wildman–Crippen MR) is 75.9 cm³/mol. The second-order valence-electron chi connectivity index (χ2n) is 4.41. The Kier molecular flexibility index (Phi) is 2.76. The number of nitrogens with two attached hydrogens (primary N) is 1. The third-order valence-corrected chi connectivity index (χ3v) is 2.94. The Labute approximate surface area is 111 Å². The molecular formula is C15H14N4. The summed E-state index contributed by atoms with van der Waals surface area (Å²) in [5, 5.41) is 4.35. The molecule has 0 saturated heterocycles. The normalized spacial score (nSPS) is 10.6. The first-order valence-corrected chi connectivity index (χ1v) is 6.07. The third kappa shape index (κ3) is 2.08. The minimum atomic E-state index is 0.665. The molecule has 0 atom stereocenters. The number of hydrogen-bond donors (Lipinski definition) is 1. The Morgan fingerprint density at radius 2 is 1.89 bits per heavy atom. The van der Waals surface area contributed by atoms with Crippen LogP contribution in [-0.4, -0.2) is 14.8 Å². The zero-order valence-corrected chi connectivity index (χ0v) is 10.6. The van der Waals surface area contributed by atoms with Crippen LogP contribution in [0.25, 0.3) is 17.1 Å². The highest BCUT2D eigenvalue weighted by molar-refractivity contribution is 5.71. The summed E-state index contributed by atoms with van der Waals surface area (Å²) in [7, 11) is 0. The number of para-hydroxylation sites is 1. The van der Waals surface area contributed by atoms with Crippen molar-refractivity contribution >= 4 is 5.69 Å². The van der Waals surface area contributed by atoms with Crippen LogP contribution >= 0.6 is 0 Å². The van der Waals surface area contributed by atoms with Gasteiger partial charge in [-0.05, 0) is 36.8 Å². The van der Waals surface area contributed by atoms with Crippen molar-refractivity contribution in [3.05, 3.63) is 60.4 Å². The van der Waals surface area contributed by atoms with E-state index in [1.54, 1.807) is 6.20 Å². The van der Waals surface area contributed by atoms with Crippen LogP contribution in [0.3, 0.4) is 0 Å². The molecule has 3 rings (SSSR count). The van der Waals surface area contributed by atoms with Crippen molar-refractivity contribution in [2.45, 2.75) is 6.92 Å². The van der Waals surface area contributed by atoms with E-state index in [1.807, 2.05) is 60.3 Å². The fourth-order valence-corrected chi connectivity index (χ4v) is 2.06. The number of rotatable bonds is 2. The molecule has 0 radical (unpaired) electrons. The molecule has 0 unspecified atom stereocenters. The van der Waals surface area contributed by atoms with Crippen LogP contribution in [0.2, 0.25) is 0 Å². The molecule has 19 heavy (non-hydrogen) atoms. The number of benzene rings is 1. The van der Waals surface area contributed by atoms with Crippen LogP contribution in [0, 0.1) is 6.92 Å². The van der Waals surface area contributed by atoms with Crippen LogP contribution in [0.1, 0.15) is 5.56 Å². The molecule has 4 heteroatoms. The number of aromatic nitrogens is 3. The van der Waals surface area contributed by atoms with Gasteiger partial charge in [0.2, 0.25) is 0 Å². The zero-order chi connectivity index (χ0) is 13.2. The van der Waals surface area contributed by atoms with Gasteiger partial charge in [0, 0.05) is 6.20 Å². The number of anilines is 1. The monoisotopic (exact) mass is 250 g/mol. The van der Waals surface area contributed by atoms with Gasteiger partial charge in [-0.2, -0.15) is 5.10 Å². The summed E-state index contributed by atoms with van der Waals surface area (Å²) in [6.07, 6.45) is 3.57. The maximum Gasteiger partial charge on any atom is 0.112 e. The average molecular weight is 250 g/mol. The molecule has 2 N–H and O–H groups in total. The number of nitrogens with zero attached hydrogens (tertiary/aromatic N) is 3. The van der Waals surface area contributed by atoms with Gasteiger partial charge in [-0.25, -0.2) is 4.68 Å². The average Bonchev–Trinajstić information content (AvgIpc) is 2.89. The number of hydrogen-bond acceptors (Lipinski definition) is 3. The lowest BCUT2D eigenvalue weighted by atomic mass is 10.2. The van der Waals surface area contributed by atoms with Crippen molar-refractivity contribution in [1.82, 2.24) is 14.8 Å². The zero-order valence-electron chi connectivity index (χ0n) is 10.6. The van der Waals surface area contributed by atoms with Gasteiger partial charge in [0.15, 0.2) is 0 Å². The first-order chi connectivity index (χ1) is 9.25. The van der Waals surface area contributed by atoms with Crippen LogP contribution in [-0.2, 0) is 0 Å². The molecule has 0 amide bonds. The Morgan fingerprint density at radius 1 is 1.11 bits per heavy atom. The minimum Gasteiger partial charge on any atom is -0.397 e. The molecule has 0 aliphatic carbocycles. The second kappa shape index (κ2) is 4.57. The Hall–Kier alpha value is -2.62. The van der Waals surface area contributed by atoms with E-state index in [0.717, 1.165) is 22.6 Å². The van der Waals surface area contributed by atoms with E-state index >= 15 is 0 Å². The highest BCUT2D eigenvalue weighted by Gasteiger charge is 2.11. The van der Waals surface area contributed by atoms with Gasteiger partial charge in [0.05, 0.1) is 23.3 Å². The molecule has 2 aromatic heterocycles. The summed E-state index contributed by atoms with van der Waals surface area (Å²) in [6.45, 7) is 1.97. The van der Waals surface area contributed by atoms with Gasteiger partial charge in [-0.15, -0.1) is 0 Å². The second-order valence-corrected chi connectivity index (χ2v) is 4.41. The lowest BCUT2D eigenvalue weighted by Gasteiger charge is -2.09. The molecule has 94 valence electrons. The van der Waals surface area contributed by atoms with Gasteiger partial charge in [0.25, 0.3) is 0 Å². The quantitative estimate of drug-likeness (QED) is 0.760. The van der Waals surface area contributed by atoms with E-state index in [0.29, 0.717) is 5.69 Å². The molecule has 0 aliphatic rings. The van der Waals surface area contributed by atoms with Gasteiger partial charge >= 0.3 is 0 Å². The minimum absolute atomic E-state index is 0.665. The van der Waals surface area contributed by atoms with Crippen LogP contribution < -0.4 is 5.73 Å². The summed E-state index contributed by atoms with van der Waals surface area (Å²) in [6, 6.07) is 13.8. The van der Waals surface area contributed by atoms with E-state index in [4.69, 9.17) is 5.73 Å². The molecule has 2 heterocycles. The summed E-state index contributed by atoms with van der Waals surface area (Å²) >= 11 is 0. The Bertz CT molecular complexity index is 701. The maximum absolute atomic E-state index is 6.06. The molecule has 0 spiro atoms. The van der Waals surface area contributed by atoms with E-state index in [9.17, 15) is 0 Å². The van der Waals surface area contributed by atoms with Gasteiger partial charge < -0.3 is 5.73 Å². The van der Waals surface area contributed by atoms with E-state index in [2.05, 4.69) is 10.1 Å². The van der Waals surface area contributed by atoms with E-state index in [1.165, 1.54) is 0 Å². The molecular weight excluding hydrogens is 236 g/mol.